The molecule has 7 rings (SSSR count). The van der Waals surface area contributed by atoms with Crippen LogP contribution in [0.5, 0.6) is 0 Å². The minimum Gasteiger partial charge on any atom is -0.0615 e. The average Bonchev–Trinajstić information content (AvgIpc) is 3.36. The van der Waals surface area contributed by atoms with Crippen LogP contribution in [0.25, 0.3) is 62.9 Å². The van der Waals surface area contributed by atoms with Crippen LogP contribution in [-0.4, -0.2) is 35.4 Å². The Hall–Kier alpha value is -4.10. The van der Waals surface area contributed by atoms with Gasteiger partial charge in [0, 0.05) is 0 Å². The quantitative estimate of drug-likeness (QED) is 0.197. The molecule has 0 radical (unpaired) electrons. The third-order valence-corrected chi connectivity index (χ3v) is 9.84. The summed E-state index contributed by atoms with van der Waals surface area (Å²) in [7, 11) is 0. The van der Waals surface area contributed by atoms with E-state index < -0.39 is 0 Å². The zero-order chi connectivity index (χ0) is 24.6. The fraction of sp³-hybridized carbons (Fsp3) is 0. The van der Waals surface area contributed by atoms with Crippen molar-refractivity contribution in [2.24, 2.45) is 0 Å². The standard InChI is InChI=1S/C33H21N3Te/c1-3-9-23(10-4-1)31-34-32(24-11-5-2-6-12-24)36-33(35-31)25-17-15-22(16-18-25)26-19-20-30-28(21-26)27-13-7-8-14-29(27)37-30/h1-21H. The van der Waals surface area contributed by atoms with E-state index in [4.69, 9.17) is 15.0 Å². The van der Waals surface area contributed by atoms with Gasteiger partial charge in [-0.05, 0) is 0 Å². The molecule has 0 amide bonds. The number of hydrogen-bond acceptors (Lipinski definition) is 3. The summed E-state index contributed by atoms with van der Waals surface area (Å²) >= 11 is -0.284. The van der Waals surface area contributed by atoms with E-state index in [2.05, 4.69) is 66.7 Å². The molecule has 0 unspecified atom stereocenters. The summed E-state index contributed by atoms with van der Waals surface area (Å²) in [5.74, 6) is 2.03. The Bertz CT molecular complexity index is 1800. The van der Waals surface area contributed by atoms with Crippen LogP contribution in [0.3, 0.4) is 0 Å². The summed E-state index contributed by atoms with van der Waals surface area (Å²) in [6.07, 6.45) is 0. The van der Waals surface area contributed by atoms with E-state index in [0.717, 1.165) is 16.7 Å². The molecular formula is C33H21N3Te. The molecule has 2 heterocycles. The fourth-order valence-corrected chi connectivity index (χ4v) is 7.76. The Morgan fingerprint density at radius 1 is 0.351 bits per heavy atom. The van der Waals surface area contributed by atoms with E-state index >= 15 is 0 Å². The Morgan fingerprint density at radius 3 is 1.43 bits per heavy atom. The third-order valence-electron chi connectivity index (χ3n) is 6.55. The van der Waals surface area contributed by atoms with Crippen molar-refractivity contribution in [3.63, 3.8) is 0 Å². The fourth-order valence-electron chi connectivity index (χ4n) is 4.66. The predicted molar refractivity (Wildman–Crippen MR) is 154 cm³/mol. The molecule has 0 saturated heterocycles. The number of benzene rings is 5. The van der Waals surface area contributed by atoms with Crippen molar-refractivity contribution < 1.29 is 0 Å². The maximum Gasteiger partial charge on any atom is -0.0512 e. The van der Waals surface area contributed by atoms with Crippen LogP contribution in [0.1, 0.15) is 0 Å². The molecule has 3 nitrogen and oxygen atoms in total. The van der Waals surface area contributed by atoms with Crippen molar-refractivity contribution in [3.8, 4) is 45.3 Å². The van der Waals surface area contributed by atoms with Crippen molar-refractivity contribution in [2.45, 2.75) is 0 Å². The Kier molecular flexibility index (Phi) is 5.63. The molecule has 4 heteroatoms. The van der Waals surface area contributed by atoms with E-state index in [0.29, 0.717) is 17.5 Å². The van der Waals surface area contributed by atoms with E-state index in [9.17, 15) is 0 Å². The van der Waals surface area contributed by atoms with Crippen LogP contribution in [-0.2, 0) is 0 Å². The molecule has 5 aromatic carbocycles. The topological polar surface area (TPSA) is 38.7 Å². The molecule has 7 aromatic rings. The SMILES string of the molecule is c1ccc(-c2nc(-c3ccccc3)nc(-c3ccc(-c4ccc5[te]c6ccccc6c5c4)cc3)n2)cc1. The van der Waals surface area contributed by atoms with E-state index in [1.165, 1.54) is 28.7 Å². The second kappa shape index (κ2) is 9.41. The molecule has 0 saturated carbocycles. The normalized spacial score (nSPS) is 11.2. The molecule has 0 fully saturated rings. The van der Waals surface area contributed by atoms with E-state index in [1.807, 2.05) is 60.7 Å². The first-order chi connectivity index (χ1) is 18.3. The van der Waals surface area contributed by atoms with Gasteiger partial charge in [0.05, 0.1) is 0 Å². The number of rotatable bonds is 4. The zero-order valence-corrected chi connectivity index (χ0v) is 22.2. The smallest absolute Gasteiger partial charge is 0.0512 e. The number of fused-ring (bicyclic) bond motifs is 3. The Labute approximate surface area is 224 Å². The van der Waals surface area contributed by atoms with Gasteiger partial charge in [-0.15, -0.1) is 0 Å². The van der Waals surface area contributed by atoms with Gasteiger partial charge in [0.25, 0.3) is 0 Å². The van der Waals surface area contributed by atoms with Gasteiger partial charge in [-0.2, -0.15) is 0 Å². The Morgan fingerprint density at radius 2 is 0.811 bits per heavy atom. The predicted octanol–water partition coefficient (Wildman–Crippen LogP) is 7.90. The van der Waals surface area contributed by atoms with Crippen molar-refractivity contribution in [2.75, 3.05) is 0 Å². The molecule has 0 bridgehead atoms. The van der Waals surface area contributed by atoms with Crippen LogP contribution < -0.4 is 0 Å². The maximum absolute atomic E-state index is 4.86. The molecular weight excluding hydrogens is 566 g/mol. The monoisotopic (exact) mass is 589 g/mol. The van der Waals surface area contributed by atoms with E-state index in [-0.39, 0.29) is 20.4 Å². The second-order valence-electron chi connectivity index (χ2n) is 8.92. The average molecular weight is 587 g/mol. The molecule has 174 valence electrons. The molecule has 37 heavy (non-hydrogen) atoms. The largest absolute Gasteiger partial charge is 0.0615 e. The van der Waals surface area contributed by atoms with Crippen molar-refractivity contribution in [1.29, 1.82) is 0 Å². The minimum atomic E-state index is -0.284. The zero-order valence-electron chi connectivity index (χ0n) is 19.9. The number of nitrogens with zero attached hydrogens (tertiary/aromatic N) is 3. The molecule has 2 aromatic heterocycles. The molecule has 0 aliphatic heterocycles. The van der Waals surface area contributed by atoms with Crippen LogP contribution in [0.2, 0.25) is 0 Å². The van der Waals surface area contributed by atoms with Gasteiger partial charge in [0.2, 0.25) is 0 Å². The van der Waals surface area contributed by atoms with Crippen molar-refractivity contribution in [3.05, 3.63) is 127 Å². The summed E-state index contributed by atoms with van der Waals surface area (Å²) in [4.78, 5) is 14.5. The summed E-state index contributed by atoms with van der Waals surface area (Å²) in [5.41, 5.74) is 5.35. The molecule has 0 aliphatic rings. The van der Waals surface area contributed by atoms with Crippen LogP contribution in [0.4, 0.5) is 0 Å². The van der Waals surface area contributed by atoms with Gasteiger partial charge < -0.3 is 0 Å². The second-order valence-corrected chi connectivity index (χ2v) is 12.0. The third kappa shape index (κ3) is 4.25. The molecule has 0 aliphatic carbocycles. The molecule has 0 spiro atoms. The first kappa shape index (κ1) is 22.1. The summed E-state index contributed by atoms with van der Waals surface area (Å²) in [6, 6.07) is 44.5. The van der Waals surface area contributed by atoms with E-state index in [1.54, 1.807) is 0 Å². The maximum atomic E-state index is 4.86. The number of hydrogen-bond donors (Lipinski definition) is 0. The first-order valence-electron chi connectivity index (χ1n) is 12.2. The molecule has 0 N–H and O–H groups in total. The van der Waals surface area contributed by atoms with Gasteiger partial charge in [0.1, 0.15) is 0 Å². The van der Waals surface area contributed by atoms with Gasteiger partial charge in [-0.25, -0.2) is 0 Å². The van der Waals surface area contributed by atoms with Gasteiger partial charge in [-0.1, -0.05) is 60.7 Å². The van der Waals surface area contributed by atoms with Gasteiger partial charge in [0.15, 0.2) is 0 Å². The Balaban J connectivity index is 1.30. The van der Waals surface area contributed by atoms with Gasteiger partial charge in [-0.3, -0.25) is 0 Å². The summed E-state index contributed by atoms with van der Waals surface area (Å²) in [5, 5.41) is 2.81. The van der Waals surface area contributed by atoms with Crippen molar-refractivity contribution >= 4 is 38.0 Å². The first-order valence-corrected chi connectivity index (χ1v) is 14.5. The minimum absolute atomic E-state index is 0.284. The van der Waals surface area contributed by atoms with Crippen LogP contribution >= 0.6 is 0 Å². The van der Waals surface area contributed by atoms with Crippen LogP contribution in [0, 0.1) is 0 Å². The number of aromatic nitrogens is 3. The molecule has 0 atom stereocenters. The van der Waals surface area contributed by atoms with Crippen LogP contribution in [0.15, 0.2) is 127 Å². The van der Waals surface area contributed by atoms with Gasteiger partial charge >= 0.3 is 165 Å². The summed E-state index contributed by atoms with van der Waals surface area (Å²) < 4.78 is 3.06. The summed E-state index contributed by atoms with van der Waals surface area (Å²) in [6.45, 7) is 0. The van der Waals surface area contributed by atoms with Crippen molar-refractivity contribution in [1.82, 2.24) is 15.0 Å².